The Morgan fingerprint density at radius 2 is 1.94 bits per heavy atom. The molecular formula is C11H18N2O5. The second kappa shape index (κ2) is 4.83. The molecule has 0 bridgehead atoms. The van der Waals surface area contributed by atoms with Crippen molar-refractivity contribution in [1.82, 2.24) is 4.90 Å². The third kappa shape index (κ3) is 2.33. The normalized spacial score (nSPS) is 31.3. The molecule has 18 heavy (non-hydrogen) atoms. The number of carbonyl (C=O) groups excluding carboxylic acids is 1. The van der Waals surface area contributed by atoms with Gasteiger partial charge in [0.1, 0.15) is 6.04 Å². The smallest absolute Gasteiger partial charge is 0.326 e. The average molecular weight is 258 g/mol. The number of nitrogens with two attached hydrogens (primary N) is 1. The SMILES string of the molecule is NC1(C(=O)N2C[C@H](O)C[C@@H]2C(=O)O)CCOCC1. The summed E-state index contributed by atoms with van der Waals surface area (Å²) < 4.78 is 5.16. The van der Waals surface area contributed by atoms with Crippen LogP contribution in [0, 0.1) is 0 Å². The van der Waals surface area contributed by atoms with E-state index in [9.17, 15) is 14.7 Å². The van der Waals surface area contributed by atoms with Crippen LogP contribution in [0.5, 0.6) is 0 Å². The van der Waals surface area contributed by atoms with Gasteiger partial charge in [-0.05, 0) is 12.8 Å². The molecule has 0 aromatic carbocycles. The number of carboxylic acid groups (broad SMARTS) is 1. The molecule has 0 aliphatic carbocycles. The molecule has 2 aliphatic heterocycles. The zero-order chi connectivity index (χ0) is 13.3. The van der Waals surface area contributed by atoms with Crippen LogP contribution < -0.4 is 5.73 Å². The van der Waals surface area contributed by atoms with Crippen LogP contribution in [0.15, 0.2) is 0 Å². The summed E-state index contributed by atoms with van der Waals surface area (Å²) >= 11 is 0. The highest BCUT2D eigenvalue weighted by Crippen LogP contribution is 2.26. The van der Waals surface area contributed by atoms with Crippen molar-refractivity contribution in [3.8, 4) is 0 Å². The van der Waals surface area contributed by atoms with Crippen molar-refractivity contribution in [3.05, 3.63) is 0 Å². The van der Waals surface area contributed by atoms with E-state index in [1.807, 2.05) is 0 Å². The number of ether oxygens (including phenoxy) is 1. The minimum atomic E-state index is -1.10. The third-order valence-corrected chi connectivity index (χ3v) is 3.64. The Morgan fingerprint density at radius 3 is 2.50 bits per heavy atom. The maximum atomic E-state index is 12.4. The molecule has 7 heteroatoms. The first kappa shape index (κ1) is 13.3. The number of amides is 1. The highest BCUT2D eigenvalue weighted by molar-refractivity contribution is 5.90. The molecule has 2 rings (SSSR count). The summed E-state index contributed by atoms with van der Waals surface area (Å²) in [6, 6.07) is -0.976. The number of carboxylic acids is 1. The number of carbonyl (C=O) groups is 2. The molecule has 102 valence electrons. The summed E-state index contributed by atoms with van der Waals surface area (Å²) in [4.78, 5) is 24.6. The molecule has 4 N–H and O–H groups in total. The number of likely N-dealkylation sites (tertiary alicyclic amines) is 1. The second-order valence-electron chi connectivity index (χ2n) is 4.97. The van der Waals surface area contributed by atoms with Crippen LogP contribution in [0.1, 0.15) is 19.3 Å². The molecule has 0 aromatic rings. The van der Waals surface area contributed by atoms with Crippen molar-refractivity contribution in [3.63, 3.8) is 0 Å². The van der Waals surface area contributed by atoms with Crippen molar-refractivity contribution in [1.29, 1.82) is 0 Å². The second-order valence-corrected chi connectivity index (χ2v) is 4.97. The summed E-state index contributed by atoms with van der Waals surface area (Å²) in [6.45, 7) is 0.836. The Hall–Kier alpha value is -1.18. The zero-order valence-corrected chi connectivity index (χ0v) is 10.0. The van der Waals surface area contributed by atoms with E-state index in [1.165, 1.54) is 4.90 Å². The minimum Gasteiger partial charge on any atom is -0.480 e. The molecule has 2 aliphatic rings. The molecule has 2 saturated heterocycles. The lowest BCUT2D eigenvalue weighted by molar-refractivity contribution is -0.152. The third-order valence-electron chi connectivity index (χ3n) is 3.64. The number of aliphatic carboxylic acids is 1. The van der Waals surface area contributed by atoms with E-state index < -0.39 is 29.6 Å². The maximum Gasteiger partial charge on any atom is 0.326 e. The fourth-order valence-electron chi connectivity index (χ4n) is 2.51. The molecule has 0 spiro atoms. The summed E-state index contributed by atoms with van der Waals surface area (Å²) in [5.74, 6) is -1.50. The van der Waals surface area contributed by atoms with Crippen LogP contribution in [0.4, 0.5) is 0 Å². The van der Waals surface area contributed by atoms with Crippen molar-refractivity contribution in [2.75, 3.05) is 19.8 Å². The predicted molar refractivity (Wildman–Crippen MR) is 60.7 cm³/mol. The predicted octanol–water partition coefficient (Wildman–Crippen LogP) is -1.46. The van der Waals surface area contributed by atoms with Gasteiger partial charge in [-0.3, -0.25) is 4.79 Å². The number of aliphatic hydroxyl groups is 1. The van der Waals surface area contributed by atoms with E-state index >= 15 is 0 Å². The number of nitrogens with zero attached hydrogens (tertiary/aromatic N) is 1. The lowest BCUT2D eigenvalue weighted by Crippen LogP contribution is -2.59. The molecule has 0 aromatic heterocycles. The fourth-order valence-corrected chi connectivity index (χ4v) is 2.51. The van der Waals surface area contributed by atoms with Gasteiger partial charge in [-0.1, -0.05) is 0 Å². The van der Waals surface area contributed by atoms with Gasteiger partial charge in [-0.2, -0.15) is 0 Å². The van der Waals surface area contributed by atoms with E-state index in [1.54, 1.807) is 0 Å². The number of aliphatic hydroxyl groups excluding tert-OH is 1. The molecule has 2 fully saturated rings. The molecule has 2 heterocycles. The van der Waals surface area contributed by atoms with Gasteiger partial charge in [0.25, 0.3) is 0 Å². The van der Waals surface area contributed by atoms with Gasteiger partial charge in [0.05, 0.1) is 11.6 Å². The van der Waals surface area contributed by atoms with E-state index in [2.05, 4.69) is 0 Å². The Bertz CT molecular complexity index is 353. The van der Waals surface area contributed by atoms with Crippen LogP contribution in [0.3, 0.4) is 0 Å². The first-order valence-electron chi connectivity index (χ1n) is 6.02. The fraction of sp³-hybridized carbons (Fsp3) is 0.818. The summed E-state index contributed by atoms with van der Waals surface area (Å²) in [7, 11) is 0. The Morgan fingerprint density at radius 1 is 1.33 bits per heavy atom. The molecule has 0 unspecified atom stereocenters. The standard InChI is InChI=1S/C11H18N2O5/c12-11(1-3-18-4-2-11)10(17)13-6-7(14)5-8(13)9(15)16/h7-8,14H,1-6,12H2,(H,15,16)/t7-,8-/m1/s1. The van der Waals surface area contributed by atoms with Crippen molar-refractivity contribution in [2.45, 2.75) is 36.9 Å². The Labute approximate surface area is 105 Å². The zero-order valence-electron chi connectivity index (χ0n) is 10.0. The van der Waals surface area contributed by atoms with Gasteiger partial charge >= 0.3 is 5.97 Å². The quantitative estimate of drug-likeness (QED) is 0.558. The Kier molecular flexibility index (Phi) is 3.56. The van der Waals surface area contributed by atoms with Crippen LogP contribution in [0.2, 0.25) is 0 Å². The summed E-state index contributed by atoms with van der Waals surface area (Å²) in [6.07, 6.45) is 0.0295. The van der Waals surface area contributed by atoms with E-state index in [0.29, 0.717) is 26.1 Å². The topological polar surface area (TPSA) is 113 Å². The van der Waals surface area contributed by atoms with Crippen LogP contribution in [-0.4, -0.2) is 64.4 Å². The van der Waals surface area contributed by atoms with Gasteiger partial charge in [0.2, 0.25) is 5.91 Å². The van der Waals surface area contributed by atoms with E-state index in [4.69, 9.17) is 15.6 Å². The molecule has 0 radical (unpaired) electrons. The van der Waals surface area contributed by atoms with Crippen LogP contribution in [-0.2, 0) is 14.3 Å². The van der Waals surface area contributed by atoms with Crippen LogP contribution in [0.25, 0.3) is 0 Å². The van der Waals surface area contributed by atoms with Gasteiger partial charge in [-0.15, -0.1) is 0 Å². The molecular weight excluding hydrogens is 240 g/mol. The monoisotopic (exact) mass is 258 g/mol. The highest BCUT2D eigenvalue weighted by Gasteiger charge is 2.46. The molecule has 2 atom stereocenters. The lowest BCUT2D eigenvalue weighted by atomic mass is 9.89. The lowest BCUT2D eigenvalue weighted by Gasteiger charge is -2.36. The average Bonchev–Trinajstić information content (AvgIpc) is 2.71. The molecule has 7 nitrogen and oxygen atoms in total. The van der Waals surface area contributed by atoms with Crippen molar-refractivity contribution < 1.29 is 24.5 Å². The maximum absolute atomic E-state index is 12.4. The highest BCUT2D eigenvalue weighted by atomic mass is 16.5. The Balaban J connectivity index is 2.14. The van der Waals surface area contributed by atoms with Gasteiger partial charge in [-0.25, -0.2) is 4.79 Å². The van der Waals surface area contributed by atoms with E-state index in [-0.39, 0.29) is 13.0 Å². The first-order chi connectivity index (χ1) is 8.44. The number of rotatable bonds is 2. The first-order valence-corrected chi connectivity index (χ1v) is 6.02. The van der Waals surface area contributed by atoms with E-state index in [0.717, 1.165) is 0 Å². The largest absolute Gasteiger partial charge is 0.480 e. The number of hydrogen-bond donors (Lipinski definition) is 3. The van der Waals surface area contributed by atoms with Crippen LogP contribution >= 0.6 is 0 Å². The number of β-amino-alcohol motifs (C(OH)–C–C–N with tert-alkyl or cyclic N) is 1. The van der Waals surface area contributed by atoms with Gasteiger partial charge in [0.15, 0.2) is 0 Å². The van der Waals surface area contributed by atoms with Crippen molar-refractivity contribution >= 4 is 11.9 Å². The van der Waals surface area contributed by atoms with Gasteiger partial charge < -0.3 is 25.6 Å². The van der Waals surface area contributed by atoms with Crippen molar-refractivity contribution in [2.24, 2.45) is 5.73 Å². The minimum absolute atomic E-state index is 0.0373. The summed E-state index contributed by atoms with van der Waals surface area (Å²) in [5, 5.41) is 18.6. The molecule has 1 amide bonds. The molecule has 0 saturated carbocycles. The number of hydrogen-bond acceptors (Lipinski definition) is 5. The van der Waals surface area contributed by atoms with Gasteiger partial charge in [0, 0.05) is 26.2 Å². The summed E-state index contributed by atoms with van der Waals surface area (Å²) in [5.41, 5.74) is 4.98.